The lowest BCUT2D eigenvalue weighted by molar-refractivity contribution is 0.152. The van der Waals surface area contributed by atoms with Crippen molar-refractivity contribution < 1.29 is 8.78 Å². The molecule has 1 aromatic heterocycles. The van der Waals surface area contributed by atoms with Gasteiger partial charge in [0.1, 0.15) is 0 Å². The molecule has 1 aromatic rings. The molecule has 0 radical (unpaired) electrons. The third kappa shape index (κ3) is 1.91. The van der Waals surface area contributed by atoms with Crippen LogP contribution in [0.5, 0.6) is 0 Å². The Morgan fingerprint density at radius 2 is 2.29 bits per heavy atom. The van der Waals surface area contributed by atoms with E-state index in [0.717, 1.165) is 6.20 Å². The van der Waals surface area contributed by atoms with Gasteiger partial charge in [-0.1, -0.05) is 11.6 Å². The number of aromatic nitrogens is 1. The highest BCUT2D eigenvalue weighted by molar-refractivity contribution is 6.33. The van der Waals surface area contributed by atoms with E-state index in [1.165, 1.54) is 0 Å². The highest BCUT2D eigenvalue weighted by atomic mass is 35.5. The Kier molecular flexibility index (Phi) is 3.20. The van der Waals surface area contributed by atoms with E-state index in [4.69, 9.17) is 22.6 Å². The van der Waals surface area contributed by atoms with Gasteiger partial charge in [-0.15, -0.1) is 0 Å². The number of nitrogen functional groups attached to an aromatic ring is 1. The Balaban J connectivity index is 3.20. The van der Waals surface area contributed by atoms with E-state index in [-0.39, 0.29) is 22.8 Å². The molecule has 1 rings (SSSR count). The zero-order valence-electron chi connectivity index (χ0n) is 6.97. The van der Waals surface area contributed by atoms with Crippen LogP contribution in [0.1, 0.15) is 17.7 Å². The fourth-order valence-corrected chi connectivity index (χ4v) is 1.15. The summed E-state index contributed by atoms with van der Waals surface area (Å²) in [7, 11) is 0. The van der Waals surface area contributed by atoms with Gasteiger partial charge in [-0.25, -0.2) is 8.78 Å². The first-order valence-corrected chi connectivity index (χ1v) is 4.03. The summed E-state index contributed by atoms with van der Waals surface area (Å²) in [5.41, 5.74) is 4.96. The van der Waals surface area contributed by atoms with E-state index < -0.39 is 12.0 Å². The molecule has 0 aliphatic rings. The number of hydrogen-bond acceptors (Lipinski definition) is 3. The van der Waals surface area contributed by atoms with Crippen molar-refractivity contribution >= 4 is 17.3 Å². The minimum absolute atomic E-state index is 0.0491. The van der Waals surface area contributed by atoms with E-state index in [2.05, 4.69) is 4.98 Å². The number of hydrogen-bond donors (Lipinski definition) is 1. The number of nitriles is 1. The second kappa shape index (κ2) is 4.20. The molecule has 0 aromatic carbocycles. The lowest BCUT2D eigenvalue weighted by Crippen LogP contribution is -2.01. The zero-order valence-corrected chi connectivity index (χ0v) is 7.72. The minimum Gasteiger partial charge on any atom is -0.397 e. The van der Waals surface area contributed by atoms with Crippen molar-refractivity contribution in [3.05, 3.63) is 22.5 Å². The second-order valence-electron chi connectivity index (χ2n) is 2.52. The molecule has 6 heteroatoms. The van der Waals surface area contributed by atoms with E-state index in [1.807, 2.05) is 6.07 Å². The van der Waals surface area contributed by atoms with E-state index in [9.17, 15) is 8.78 Å². The van der Waals surface area contributed by atoms with Gasteiger partial charge in [0.2, 0.25) is 0 Å². The van der Waals surface area contributed by atoms with Crippen LogP contribution in [0, 0.1) is 11.3 Å². The maximum absolute atomic E-state index is 12.3. The van der Waals surface area contributed by atoms with Crippen LogP contribution in [0.4, 0.5) is 14.5 Å². The molecule has 0 saturated heterocycles. The Morgan fingerprint density at radius 1 is 1.64 bits per heavy atom. The molecule has 0 aliphatic heterocycles. The number of alkyl halides is 2. The Hall–Kier alpha value is -1.41. The molecule has 0 fully saturated rings. The summed E-state index contributed by atoms with van der Waals surface area (Å²) < 4.78 is 24.6. The van der Waals surface area contributed by atoms with Crippen LogP contribution in [0.2, 0.25) is 5.02 Å². The zero-order chi connectivity index (χ0) is 10.7. The molecule has 0 saturated carbocycles. The van der Waals surface area contributed by atoms with Crippen molar-refractivity contribution in [1.29, 1.82) is 5.26 Å². The van der Waals surface area contributed by atoms with Crippen LogP contribution < -0.4 is 5.73 Å². The maximum Gasteiger partial charge on any atom is 0.267 e. The van der Waals surface area contributed by atoms with Gasteiger partial charge in [0, 0.05) is 6.20 Å². The number of halogens is 3. The normalized spacial score (nSPS) is 10.2. The van der Waals surface area contributed by atoms with Gasteiger partial charge in [0.25, 0.3) is 6.43 Å². The predicted octanol–water partition coefficient (Wildman–Crippen LogP) is 2.32. The summed E-state index contributed by atoms with van der Waals surface area (Å²) in [6.07, 6.45) is -1.82. The van der Waals surface area contributed by atoms with Crippen molar-refractivity contribution in [3.8, 4) is 6.07 Å². The summed E-state index contributed by atoms with van der Waals surface area (Å²) >= 11 is 5.65. The number of nitrogens with zero attached hydrogens (tertiary/aromatic N) is 2. The van der Waals surface area contributed by atoms with Crippen LogP contribution in [-0.4, -0.2) is 4.98 Å². The topological polar surface area (TPSA) is 62.7 Å². The molecule has 3 nitrogen and oxygen atoms in total. The molecule has 0 unspecified atom stereocenters. The monoisotopic (exact) mass is 217 g/mol. The first-order valence-electron chi connectivity index (χ1n) is 3.65. The lowest BCUT2D eigenvalue weighted by atomic mass is 10.2. The molecule has 1 heterocycles. The van der Waals surface area contributed by atoms with Crippen molar-refractivity contribution in [2.45, 2.75) is 12.8 Å². The van der Waals surface area contributed by atoms with Gasteiger partial charge in [-0.05, 0) is 0 Å². The molecule has 2 N–H and O–H groups in total. The van der Waals surface area contributed by atoms with Crippen LogP contribution in [0.25, 0.3) is 0 Å². The van der Waals surface area contributed by atoms with Gasteiger partial charge in [0.15, 0.2) is 0 Å². The van der Waals surface area contributed by atoms with Crippen LogP contribution in [0.15, 0.2) is 6.20 Å². The highest BCUT2D eigenvalue weighted by Crippen LogP contribution is 2.31. The average molecular weight is 218 g/mol. The van der Waals surface area contributed by atoms with Crippen molar-refractivity contribution in [3.63, 3.8) is 0 Å². The maximum atomic E-state index is 12.3. The SMILES string of the molecule is N#CCc1ncc(C(F)F)c(N)c1Cl. The Morgan fingerprint density at radius 3 is 2.79 bits per heavy atom. The highest BCUT2D eigenvalue weighted by Gasteiger charge is 2.16. The van der Waals surface area contributed by atoms with E-state index >= 15 is 0 Å². The van der Waals surface area contributed by atoms with Crippen LogP contribution >= 0.6 is 11.6 Å². The summed E-state index contributed by atoms with van der Waals surface area (Å²) in [4.78, 5) is 3.64. The van der Waals surface area contributed by atoms with Crippen molar-refractivity contribution in [1.82, 2.24) is 4.98 Å². The van der Waals surface area contributed by atoms with Gasteiger partial charge in [0.05, 0.1) is 34.5 Å². The summed E-state index contributed by atoms with van der Waals surface area (Å²) in [5.74, 6) is 0. The first-order chi connectivity index (χ1) is 6.57. The fraction of sp³-hybridized carbons (Fsp3) is 0.250. The van der Waals surface area contributed by atoms with Gasteiger partial charge >= 0.3 is 0 Å². The first kappa shape index (κ1) is 10.7. The lowest BCUT2D eigenvalue weighted by Gasteiger charge is -2.07. The summed E-state index contributed by atoms with van der Waals surface area (Å²) in [6.45, 7) is 0. The number of rotatable bonds is 2. The quantitative estimate of drug-likeness (QED) is 0.827. The standard InChI is InChI=1S/C8H6ClF2N3/c9-6-5(1-2-12)14-3-4(7(6)13)8(10)11/h3,8H,1H2,(H2,13,14). The smallest absolute Gasteiger partial charge is 0.267 e. The minimum atomic E-state index is -2.71. The molecular formula is C8H6ClF2N3. The van der Waals surface area contributed by atoms with Crippen LogP contribution in [0.3, 0.4) is 0 Å². The molecule has 0 spiro atoms. The largest absolute Gasteiger partial charge is 0.397 e. The molecule has 0 aliphatic carbocycles. The Labute approximate surface area is 84.1 Å². The van der Waals surface area contributed by atoms with E-state index in [0.29, 0.717) is 0 Å². The third-order valence-electron chi connectivity index (χ3n) is 1.64. The third-order valence-corrected chi connectivity index (χ3v) is 2.06. The molecule has 0 atom stereocenters. The van der Waals surface area contributed by atoms with Crippen LogP contribution in [-0.2, 0) is 6.42 Å². The molecule has 74 valence electrons. The van der Waals surface area contributed by atoms with Gasteiger partial charge < -0.3 is 5.73 Å². The molecule has 0 amide bonds. The average Bonchev–Trinajstić information content (AvgIpc) is 2.13. The number of anilines is 1. The molecule has 0 bridgehead atoms. The second-order valence-corrected chi connectivity index (χ2v) is 2.90. The van der Waals surface area contributed by atoms with Crippen molar-refractivity contribution in [2.24, 2.45) is 0 Å². The predicted molar refractivity (Wildman–Crippen MR) is 47.9 cm³/mol. The fourth-order valence-electron chi connectivity index (χ4n) is 0.928. The number of pyridine rings is 1. The number of nitrogens with two attached hydrogens (primary N) is 1. The summed E-state index contributed by atoms with van der Waals surface area (Å²) in [6, 6.07) is 1.81. The summed E-state index contributed by atoms with van der Waals surface area (Å²) in [5, 5.41) is 8.31. The van der Waals surface area contributed by atoms with Gasteiger partial charge in [-0.2, -0.15) is 5.26 Å². The Bertz CT molecular complexity index is 387. The van der Waals surface area contributed by atoms with Gasteiger partial charge in [-0.3, -0.25) is 4.98 Å². The molecule has 14 heavy (non-hydrogen) atoms. The van der Waals surface area contributed by atoms with Crippen molar-refractivity contribution in [2.75, 3.05) is 5.73 Å². The molecular weight excluding hydrogens is 212 g/mol. The van der Waals surface area contributed by atoms with E-state index in [1.54, 1.807) is 0 Å².